The number of methoxy groups -OCH3 is 1. The van der Waals surface area contributed by atoms with E-state index in [4.69, 9.17) is 9.47 Å². The average Bonchev–Trinajstić information content (AvgIpc) is 2.55. The Bertz CT molecular complexity index is 549. The molecule has 1 unspecified atom stereocenters. The maximum absolute atomic E-state index is 10.6. The van der Waals surface area contributed by atoms with E-state index in [1.165, 1.54) is 5.56 Å². The zero-order valence-corrected chi connectivity index (χ0v) is 12.6. The lowest BCUT2D eigenvalue weighted by Gasteiger charge is -2.16. The van der Waals surface area contributed by atoms with E-state index in [1.807, 2.05) is 48.5 Å². The summed E-state index contributed by atoms with van der Waals surface area (Å²) in [6, 6.07) is 15.6. The Hall–Kier alpha value is -1.84. The van der Waals surface area contributed by atoms with Crippen LogP contribution in [0.4, 0.5) is 0 Å². The number of rotatable bonds is 7. The normalized spacial score (nSPS) is 12.1. The second-order valence-electron chi connectivity index (χ2n) is 4.88. The molecule has 21 heavy (non-hydrogen) atoms. The highest BCUT2D eigenvalue weighted by molar-refractivity contribution is 5.40. The summed E-state index contributed by atoms with van der Waals surface area (Å²) in [4.78, 5) is 0. The molecule has 0 spiro atoms. The van der Waals surface area contributed by atoms with Gasteiger partial charge in [-0.1, -0.05) is 49.4 Å². The molecule has 0 aliphatic carbocycles. The molecule has 0 saturated carbocycles. The van der Waals surface area contributed by atoms with E-state index in [9.17, 15) is 5.11 Å². The minimum atomic E-state index is -0.686. The second kappa shape index (κ2) is 7.81. The average molecular weight is 286 g/mol. The summed E-state index contributed by atoms with van der Waals surface area (Å²) in [7, 11) is 1.64. The van der Waals surface area contributed by atoms with Gasteiger partial charge in [-0.25, -0.2) is 0 Å². The van der Waals surface area contributed by atoms with Crippen molar-refractivity contribution in [2.45, 2.75) is 19.4 Å². The zero-order valence-electron chi connectivity index (χ0n) is 12.6. The predicted molar refractivity (Wildman–Crippen MR) is 83.7 cm³/mol. The van der Waals surface area contributed by atoms with E-state index >= 15 is 0 Å². The Morgan fingerprint density at radius 2 is 1.71 bits per heavy atom. The molecule has 0 aliphatic heterocycles. The van der Waals surface area contributed by atoms with Crippen molar-refractivity contribution in [1.29, 1.82) is 0 Å². The molecule has 2 aromatic rings. The molecular formula is C18H22O3. The van der Waals surface area contributed by atoms with Gasteiger partial charge in [0.15, 0.2) is 0 Å². The number of hydrogen-bond acceptors (Lipinski definition) is 3. The highest BCUT2D eigenvalue weighted by Crippen LogP contribution is 2.30. The van der Waals surface area contributed by atoms with E-state index in [-0.39, 0.29) is 0 Å². The van der Waals surface area contributed by atoms with Crippen molar-refractivity contribution in [1.82, 2.24) is 0 Å². The first-order valence-corrected chi connectivity index (χ1v) is 7.23. The molecule has 0 aliphatic rings. The van der Waals surface area contributed by atoms with Crippen LogP contribution in [0.1, 0.15) is 29.7 Å². The van der Waals surface area contributed by atoms with Crippen molar-refractivity contribution in [2.24, 2.45) is 0 Å². The SMILES string of the molecule is CCc1ccc(C(O)c2ccccc2OCCOC)cc1. The zero-order chi connectivity index (χ0) is 15.1. The molecule has 0 bridgehead atoms. The van der Waals surface area contributed by atoms with Crippen LogP contribution in [0.5, 0.6) is 5.75 Å². The molecule has 112 valence electrons. The van der Waals surface area contributed by atoms with Crippen molar-refractivity contribution in [3.63, 3.8) is 0 Å². The van der Waals surface area contributed by atoms with Crippen LogP contribution in [0, 0.1) is 0 Å². The number of ether oxygens (including phenoxy) is 2. The van der Waals surface area contributed by atoms with Crippen molar-refractivity contribution < 1.29 is 14.6 Å². The van der Waals surface area contributed by atoms with Crippen LogP contribution in [-0.2, 0) is 11.2 Å². The molecule has 0 amide bonds. The van der Waals surface area contributed by atoms with Gasteiger partial charge in [0.2, 0.25) is 0 Å². The number of aliphatic hydroxyl groups is 1. The van der Waals surface area contributed by atoms with Gasteiger partial charge in [-0.2, -0.15) is 0 Å². The highest BCUT2D eigenvalue weighted by Gasteiger charge is 2.15. The van der Waals surface area contributed by atoms with Gasteiger partial charge in [-0.05, 0) is 23.6 Å². The summed E-state index contributed by atoms with van der Waals surface area (Å²) in [5, 5.41) is 10.6. The van der Waals surface area contributed by atoms with E-state index < -0.39 is 6.10 Å². The number of benzene rings is 2. The summed E-state index contributed by atoms with van der Waals surface area (Å²) >= 11 is 0. The standard InChI is InChI=1S/C18H22O3/c1-3-14-8-10-15(11-9-14)18(19)16-6-4-5-7-17(16)21-13-12-20-2/h4-11,18-19H,3,12-13H2,1-2H3. The first-order valence-electron chi connectivity index (χ1n) is 7.23. The smallest absolute Gasteiger partial charge is 0.125 e. The van der Waals surface area contributed by atoms with Crippen LogP contribution >= 0.6 is 0 Å². The Balaban J connectivity index is 2.19. The van der Waals surface area contributed by atoms with Gasteiger partial charge in [0, 0.05) is 12.7 Å². The molecule has 0 saturated heterocycles. The molecule has 0 aromatic heterocycles. The third kappa shape index (κ3) is 4.06. The fourth-order valence-electron chi connectivity index (χ4n) is 2.19. The van der Waals surface area contributed by atoms with E-state index in [2.05, 4.69) is 6.92 Å². The van der Waals surface area contributed by atoms with Gasteiger partial charge in [-0.15, -0.1) is 0 Å². The van der Waals surface area contributed by atoms with E-state index in [1.54, 1.807) is 7.11 Å². The molecule has 2 aromatic carbocycles. The van der Waals surface area contributed by atoms with Crippen LogP contribution in [0.15, 0.2) is 48.5 Å². The van der Waals surface area contributed by atoms with Crippen LogP contribution < -0.4 is 4.74 Å². The molecule has 3 nitrogen and oxygen atoms in total. The Kier molecular flexibility index (Phi) is 5.78. The fraction of sp³-hybridized carbons (Fsp3) is 0.333. The first kappa shape index (κ1) is 15.5. The second-order valence-corrected chi connectivity index (χ2v) is 4.88. The molecule has 0 heterocycles. The van der Waals surface area contributed by atoms with Gasteiger partial charge < -0.3 is 14.6 Å². The third-order valence-electron chi connectivity index (χ3n) is 3.46. The highest BCUT2D eigenvalue weighted by atomic mass is 16.5. The summed E-state index contributed by atoms with van der Waals surface area (Å²) < 4.78 is 10.7. The van der Waals surface area contributed by atoms with Gasteiger partial charge >= 0.3 is 0 Å². The molecule has 1 atom stereocenters. The van der Waals surface area contributed by atoms with Crippen LogP contribution in [0.2, 0.25) is 0 Å². The quantitative estimate of drug-likeness (QED) is 0.793. The van der Waals surface area contributed by atoms with Crippen LogP contribution in [0.25, 0.3) is 0 Å². The Morgan fingerprint density at radius 3 is 2.38 bits per heavy atom. The minimum Gasteiger partial charge on any atom is -0.491 e. The lowest BCUT2D eigenvalue weighted by Crippen LogP contribution is -2.08. The van der Waals surface area contributed by atoms with Gasteiger partial charge in [0.25, 0.3) is 0 Å². The van der Waals surface area contributed by atoms with Crippen LogP contribution in [0.3, 0.4) is 0 Å². The van der Waals surface area contributed by atoms with Crippen molar-refractivity contribution in [2.75, 3.05) is 20.3 Å². The summed E-state index contributed by atoms with van der Waals surface area (Å²) in [6.45, 7) is 3.11. The molecule has 0 radical (unpaired) electrons. The number of hydrogen-bond donors (Lipinski definition) is 1. The maximum Gasteiger partial charge on any atom is 0.125 e. The maximum atomic E-state index is 10.6. The number of aliphatic hydroxyl groups excluding tert-OH is 1. The van der Waals surface area contributed by atoms with E-state index in [0.717, 1.165) is 17.5 Å². The Labute approximate surface area is 126 Å². The topological polar surface area (TPSA) is 38.7 Å². The van der Waals surface area contributed by atoms with Gasteiger partial charge in [0.1, 0.15) is 18.5 Å². The van der Waals surface area contributed by atoms with Crippen molar-refractivity contribution >= 4 is 0 Å². The fourth-order valence-corrected chi connectivity index (χ4v) is 2.19. The Morgan fingerprint density at radius 1 is 1.00 bits per heavy atom. The van der Waals surface area contributed by atoms with E-state index in [0.29, 0.717) is 19.0 Å². The monoisotopic (exact) mass is 286 g/mol. The molecule has 0 fully saturated rings. The van der Waals surface area contributed by atoms with Crippen LogP contribution in [-0.4, -0.2) is 25.4 Å². The lowest BCUT2D eigenvalue weighted by molar-refractivity contribution is 0.142. The number of aryl methyl sites for hydroxylation is 1. The summed E-state index contributed by atoms with van der Waals surface area (Å²) in [6.07, 6.45) is 0.308. The molecule has 1 N–H and O–H groups in total. The lowest BCUT2D eigenvalue weighted by atomic mass is 9.99. The number of para-hydroxylation sites is 1. The molecular weight excluding hydrogens is 264 g/mol. The van der Waals surface area contributed by atoms with Gasteiger partial charge in [0.05, 0.1) is 6.61 Å². The van der Waals surface area contributed by atoms with Crippen molar-refractivity contribution in [3.05, 3.63) is 65.2 Å². The predicted octanol–water partition coefficient (Wildman–Crippen LogP) is 3.36. The third-order valence-corrected chi connectivity index (χ3v) is 3.46. The summed E-state index contributed by atoms with van der Waals surface area (Å²) in [5.74, 6) is 0.696. The van der Waals surface area contributed by atoms with Gasteiger partial charge in [-0.3, -0.25) is 0 Å². The molecule has 2 rings (SSSR count). The minimum absolute atomic E-state index is 0.467. The molecule has 3 heteroatoms. The summed E-state index contributed by atoms with van der Waals surface area (Å²) in [5.41, 5.74) is 2.91. The first-order chi connectivity index (χ1) is 10.3. The van der Waals surface area contributed by atoms with Crippen molar-refractivity contribution in [3.8, 4) is 5.75 Å². The largest absolute Gasteiger partial charge is 0.491 e.